The molecule has 0 rings (SSSR count). The molecule has 0 aromatic rings. The molecule has 0 saturated carbocycles. The summed E-state index contributed by atoms with van der Waals surface area (Å²) >= 11 is 0. The number of ether oxygens (including phenoxy) is 1. The van der Waals surface area contributed by atoms with Crippen LogP contribution in [-0.4, -0.2) is 11.7 Å². The van der Waals surface area contributed by atoms with Crippen molar-refractivity contribution in [1.29, 1.82) is 0 Å². The first-order valence-electron chi connectivity index (χ1n) is 4.72. The van der Waals surface area contributed by atoms with Crippen LogP contribution in [0.5, 0.6) is 0 Å². The zero-order valence-corrected chi connectivity index (χ0v) is 8.61. The molecule has 0 aliphatic rings. The summed E-state index contributed by atoms with van der Waals surface area (Å²) in [6, 6.07) is 0. The van der Waals surface area contributed by atoms with Gasteiger partial charge in [-0.25, -0.2) is 0 Å². The van der Waals surface area contributed by atoms with Crippen molar-refractivity contribution in [3.8, 4) is 0 Å². The molecule has 0 aromatic carbocycles. The van der Waals surface area contributed by atoms with E-state index < -0.39 is 0 Å². The van der Waals surface area contributed by atoms with Crippen molar-refractivity contribution >= 4 is 0 Å². The maximum Gasteiger partial charge on any atom is 0.0655 e. The van der Waals surface area contributed by atoms with E-state index in [2.05, 4.69) is 34.6 Å². The van der Waals surface area contributed by atoms with Crippen molar-refractivity contribution in [1.82, 2.24) is 0 Å². The Morgan fingerprint density at radius 1 is 1.27 bits per heavy atom. The van der Waals surface area contributed by atoms with Gasteiger partial charge in [0.1, 0.15) is 0 Å². The summed E-state index contributed by atoms with van der Waals surface area (Å²) in [6.07, 6.45) is 3.84. The third-order valence-corrected chi connectivity index (χ3v) is 2.05. The zero-order chi connectivity index (χ0) is 8.91. The maximum atomic E-state index is 5.83. The lowest BCUT2D eigenvalue weighted by Gasteiger charge is -2.30. The first kappa shape index (κ1) is 11.0. The number of rotatable bonds is 5. The van der Waals surface area contributed by atoms with Crippen molar-refractivity contribution < 1.29 is 4.74 Å². The monoisotopic (exact) mass is 158 g/mol. The molecule has 0 radical (unpaired) electrons. The van der Waals surface area contributed by atoms with Crippen LogP contribution < -0.4 is 0 Å². The molecule has 1 atom stereocenters. The second-order valence-electron chi connectivity index (χ2n) is 3.72. The minimum absolute atomic E-state index is 0.114. The molecule has 0 fully saturated rings. The van der Waals surface area contributed by atoms with Crippen molar-refractivity contribution in [2.75, 3.05) is 0 Å². The van der Waals surface area contributed by atoms with Crippen LogP contribution in [0.25, 0.3) is 0 Å². The van der Waals surface area contributed by atoms with Crippen LogP contribution in [0.15, 0.2) is 0 Å². The Bertz CT molecular complexity index is 99.0. The largest absolute Gasteiger partial charge is 0.373 e. The molecular weight excluding hydrogens is 136 g/mol. The summed E-state index contributed by atoms with van der Waals surface area (Å²) in [5, 5.41) is 0. The van der Waals surface area contributed by atoms with Gasteiger partial charge < -0.3 is 4.74 Å². The Kier molecular flexibility index (Phi) is 4.74. The average Bonchev–Trinajstić information content (AvgIpc) is 1.87. The van der Waals surface area contributed by atoms with Gasteiger partial charge in [0, 0.05) is 0 Å². The second-order valence-corrected chi connectivity index (χ2v) is 3.72. The maximum absolute atomic E-state index is 5.83. The summed E-state index contributed by atoms with van der Waals surface area (Å²) in [4.78, 5) is 0. The number of hydrogen-bond donors (Lipinski definition) is 0. The van der Waals surface area contributed by atoms with Gasteiger partial charge in [0.2, 0.25) is 0 Å². The summed E-state index contributed by atoms with van der Waals surface area (Å²) < 4.78 is 5.83. The van der Waals surface area contributed by atoms with Gasteiger partial charge >= 0.3 is 0 Å². The zero-order valence-electron chi connectivity index (χ0n) is 8.61. The number of hydrogen-bond acceptors (Lipinski definition) is 1. The molecule has 0 saturated heterocycles. The lowest BCUT2D eigenvalue weighted by molar-refractivity contribution is -0.0754. The van der Waals surface area contributed by atoms with Crippen LogP contribution >= 0.6 is 0 Å². The third kappa shape index (κ3) is 4.41. The summed E-state index contributed by atoms with van der Waals surface area (Å²) in [7, 11) is 0. The second kappa shape index (κ2) is 4.76. The Morgan fingerprint density at radius 2 is 1.82 bits per heavy atom. The van der Waals surface area contributed by atoms with Crippen molar-refractivity contribution in [2.45, 2.75) is 65.6 Å². The molecule has 0 aromatic heterocycles. The molecule has 0 N–H and O–H groups in total. The molecule has 0 amide bonds. The molecule has 1 nitrogen and oxygen atoms in total. The van der Waals surface area contributed by atoms with Gasteiger partial charge in [0.25, 0.3) is 0 Å². The van der Waals surface area contributed by atoms with Crippen LogP contribution in [0.4, 0.5) is 0 Å². The van der Waals surface area contributed by atoms with Crippen LogP contribution in [0.2, 0.25) is 0 Å². The van der Waals surface area contributed by atoms with Gasteiger partial charge in [-0.3, -0.25) is 0 Å². The van der Waals surface area contributed by atoms with E-state index in [0.717, 1.165) is 6.42 Å². The van der Waals surface area contributed by atoms with Gasteiger partial charge in [-0.05, 0) is 33.6 Å². The van der Waals surface area contributed by atoms with Crippen molar-refractivity contribution in [2.24, 2.45) is 0 Å². The fourth-order valence-corrected chi connectivity index (χ4v) is 1.42. The van der Waals surface area contributed by atoms with Gasteiger partial charge in [0.05, 0.1) is 11.7 Å². The van der Waals surface area contributed by atoms with E-state index in [1.165, 1.54) is 12.8 Å². The topological polar surface area (TPSA) is 9.23 Å². The minimum atomic E-state index is 0.114. The lowest BCUT2D eigenvalue weighted by atomic mass is 9.97. The molecule has 0 heterocycles. The average molecular weight is 158 g/mol. The Hall–Kier alpha value is -0.0400. The lowest BCUT2D eigenvalue weighted by Crippen LogP contribution is -2.30. The van der Waals surface area contributed by atoms with Crippen LogP contribution in [-0.2, 0) is 4.74 Å². The van der Waals surface area contributed by atoms with Gasteiger partial charge in [-0.2, -0.15) is 0 Å². The van der Waals surface area contributed by atoms with E-state index in [4.69, 9.17) is 4.74 Å². The highest BCUT2D eigenvalue weighted by Gasteiger charge is 2.22. The summed E-state index contributed by atoms with van der Waals surface area (Å²) in [5.41, 5.74) is 0.114. The summed E-state index contributed by atoms with van der Waals surface area (Å²) in [6.45, 7) is 10.8. The fraction of sp³-hybridized carbons (Fsp3) is 1.00. The van der Waals surface area contributed by atoms with Crippen LogP contribution in [0, 0.1) is 0 Å². The van der Waals surface area contributed by atoms with E-state index in [1.807, 2.05) is 0 Å². The van der Waals surface area contributed by atoms with Gasteiger partial charge in [-0.15, -0.1) is 0 Å². The van der Waals surface area contributed by atoms with E-state index in [0.29, 0.717) is 6.10 Å². The van der Waals surface area contributed by atoms with E-state index >= 15 is 0 Å². The molecule has 1 unspecified atom stereocenters. The molecular formula is C10H22O. The molecule has 0 bridgehead atoms. The third-order valence-electron chi connectivity index (χ3n) is 2.05. The Balaban J connectivity index is 3.87. The SMILES string of the molecule is CCCC(C)(CC)OC(C)C. The summed E-state index contributed by atoms with van der Waals surface area (Å²) in [5.74, 6) is 0. The Morgan fingerprint density at radius 3 is 2.09 bits per heavy atom. The highest BCUT2D eigenvalue weighted by molar-refractivity contribution is 4.73. The first-order valence-corrected chi connectivity index (χ1v) is 4.72. The Labute approximate surface area is 71.1 Å². The highest BCUT2D eigenvalue weighted by Crippen LogP contribution is 2.22. The molecule has 0 spiro atoms. The molecule has 68 valence electrons. The van der Waals surface area contributed by atoms with Crippen LogP contribution in [0.1, 0.15) is 53.9 Å². The van der Waals surface area contributed by atoms with Gasteiger partial charge in [-0.1, -0.05) is 20.3 Å². The molecule has 0 aliphatic heterocycles. The van der Waals surface area contributed by atoms with Gasteiger partial charge in [0.15, 0.2) is 0 Å². The van der Waals surface area contributed by atoms with E-state index in [1.54, 1.807) is 0 Å². The molecule has 0 aliphatic carbocycles. The van der Waals surface area contributed by atoms with Crippen LogP contribution in [0.3, 0.4) is 0 Å². The standard InChI is InChI=1S/C10H22O/c1-6-8-10(5,7-2)11-9(3)4/h9H,6-8H2,1-5H3. The predicted molar refractivity (Wildman–Crippen MR) is 49.8 cm³/mol. The fourth-order valence-electron chi connectivity index (χ4n) is 1.42. The van der Waals surface area contributed by atoms with Crippen molar-refractivity contribution in [3.63, 3.8) is 0 Å². The molecule has 11 heavy (non-hydrogen) atoms. The molecule has 1 heteroatoms. The quantitative estimate of drug-likeness (QED) is 0.596. The predicted octanol–water partition coefficient (Wildman–Crippen LogP) is 3.38. The normalized spacial score (nSPS) is 16.9. The van der Waals surface area contributed by atoms with E-state index in [-0.39, 0.29) is 5.60 Å². The van der Waals surface area contributed by atoms with E-state index in [9.17, 15) is 0 Å². The van der Waals surface area contributed by atoms with Crippen molar-refractivity contribution in [3.05, 3.63) is 0 Å². The smallest absolute Gasteiger partial charge is 0.0655 e. The minimum Gasteiger partial charge on any atom is -0.373 e. The highest BCUT2D eigenvalue weighted by atomic mass is 16.5. The first-order chi connectivity index (χ1) is 5.04.